The number of H-pyrrole nitrogens is 1. The van der Waals surface area contributed by atoms with Crippen molar-refractivity contribution >= 4 is 28.5 Å². The summed E-state index contributed by atoms with van der Waals surface area (Å²) < 4.78 is 13.0. The molecule has 1 N–H and O–H groups in total. The highest BCUT2D eigenvalue weighted by Gasteiger charge is 2.24. The lowest BCUT2D eigenvalue weighted by Gasteiger charge is -2.11. The van der Waals surface area contributed by atoms with E-state index in [4.69, 9.17) is 21.1 Å². The summed E-state index contributed by atoms with van der Waals surface area (Å²) >= 11 is 6.70. The van der Waals surface area contributed by atoms with Crippen LogP contribution in [0.4, 0.5) is 0 Å². The van der Waals surface area contributed by atoms with Crippen molar-refractivity contribution in [3.8, 4) is 16.9 Å². The fourth-order valence-electron chi connectivity index (χ4n) is 4.73. The van der Waals surface area contributed by atoms with E-state index in [0.29, 0.717) is 23.7 Å². The summed E-state index contributed by atoms with van der Waals surface area (Å²) in [6.45, 7) is 10.8. The molecule has 6 nitrogen and oxygen atoms in total. The maximum absolute atomic E-state index is 12.7. The number of nitrogens with one attached hydrogen (secondary N) is 1. The number of benzene rings is 2. The lowest BCUT2D eigenvalue weighted by molar-refractivity contribution is 0.0593. The second-order valence-corrected chi connectivity index (χ2v) is 9.53. The van der Waals surface area contributed by atoms with Crippen molar-refractivity contribution < 1.29 is 14.3 Å². The monoisotopic (exact) mass is 493 g/mol. The lowest BCUT2D eigenvalue weighted by atomic mass is 9.98. The molecule has 0 bridgehead atoms. The number of carbonyl (C=O) groups excluding carboxylic acids is 1. The molecule has 0 fully saturated rings. The number of ether oxygens (including phenoxy) is 2. The average Bonchev–Trinajstić information content (AvgIpc) is 3.31. The van der Waals surface area contributed by atoms with Crippen molar-refractivity contribution in [2.24, 2.45) is 7.05 Å². The van der Waals surface area contributed by atoms with Crippen molar-refractivity contribution in [1.82, 2.24) is 14.8 Å². The van der Waals surface area contributed by atoms with Gasteiger partial charge in [-0.2, -0.15) is 5.10 Å². The van der Waals surface area contributed by atoms with Gasteiger partial charge < -0.3 is 14.5 Å². The first-order valence-corrected chi connectivity index (χ1v) is 12.1. The second-order valence-electron chi connectivity index (χ2n) is 9.12. The summed E-state index contributed by atoms with van der Waals surface area (Å²) in [7, 11) is 3.31. The molecule has 0 atom stereocenters. The van der Waals surface area contributed by atoms with Gasteiger partial charge in [0.25, 0.3) is 0 Å². The Balaban J connectivity index is 1.69. The minimum absolute atomic E-state index is 0.399. The number of carbonyl (C=O) groups is 1. The van der Waals surface area contributed by atoms with Crippen LogP contribution in [0.25, 0.3) is 22.0 Å². The standard InChI is InChI=1S/C28H32ClN3O3/c1-15-13-20(14-16(2)17(15)3)35-12-8-9-21-22-10-11-23(29)25(24-18(4)31-32(6)19(24)5)26(22)30-27(21)28(33)34-7/h10-11,13-14,30H,8-9,12H2,1-7H3. The first-order chi connectivity index (χ1) is 16.6. The number of aromatic amines is 1. The summed E-state index contributed by atoms with van der Waals surface area (Å²) in [6.07, 6.45) is 1.40. The Morgan fingerprint density at radius 1 is 1.09 bits per heavy atom. The average molecular weight is 494 g/mol. The molecule has 0 aliphatic carbocycles. The van der Waals surface area contributed by atoms with Crippen molar-refractivity contribution in [2.45, 2.75) is 47.5 Å². The van der Waals surface area contributed by atoms with Crippen LogP contribution in [-0.2, 0) is 18.2 Å². The molecule has 2 aromatic carbocycles. The van der Waals surface area contributed by atoms with Crippen LogP contribution in [0.2, 0.25) is 5.02 Å². The third-order valence-electron chi connectivity index (χ3n) is 6.92. The smallest absolute Gasteiger partial charge is 0.354 e. The van der Waals surface area contributed by atoms with Crippen LogP contribution in [0.5, 0.6) is 5.75 Å². The molecular weight excluding hydrogens is 462 g/mol. The van der Waals surface area contributed by atoms with E-state index in [0.717, 1.165) is 51.2 Å². The van der Waals surface area contributed by atoms with Crippen molar-refractivity contribution in [1.29, 1.82) is 0 Å². The van der Waals surface area contributed by atoms with Crippen LogP contribution < -0.4 is 4.74 Å². The summed E-state index contributed by atoms with van der Waals surface area (Å²) in [5.74, 6) is 0.470. The van der Waals surface area contributed by atoms with E-state index >= 15 is 0 Å². The Morgan fingerprint density at radius 3 is 2.37 bits per heavy atom. The summed E-state index contributed by atoms with van der Waals surface area (Å²) in [6, 6.07) is 7.99. The van der Waals surface area contributed by atoms with Crippen LogP contribution in [0.3, 0.4) is 0 Å². The number of nitrogens with zero attached hydrogens (tertiary/aromatic N) is 2. The predicted octanol–water partition coefficient (Wildman–Crippen LogP) is 6.56. The highest BCUT2D eigenvalue weighted by atomic mass is 35.5. The van der Waals surface area contributed by atoms with Gasteiger partial charge in [0.2, 0.25) is 0 Å². The van der Waals surface area contributed by atoms with E-state index in [1.165, 1.54) is 23.8 Å². The zero-order chi connectivity index (χ0) is 25.4. The maximum Gasteiger partial charge on any atom is 0.354 e. The van der Waals surface area contributed by atoms with Gasteiger partial charge in [-0.05, 0) is 87.9 Å². The third kappa shape index (κ3) is 4.55. The van der Waals surface area contributed by atoms with Gasteiger partial charge in [-0.25, -0.2) is 4.79 Å². The Kier molecular flexibility index (Phi) is 6.95. The zero-order valence-corrected chi connectivity index (χ0v) is 22.2. The molecule has 184 valence electrons. The zero-order valence-electron chi connectivity index (χ0n) is 21.4. The molecule has 0 aliphatic heterocycles. The van der Waals surface area contributed by atoms with Crippen molar-refractivity contribution in [3.05, 3.63) is 68.6 Å². The minimum Gasteiger partial charge on any atom is -0.494 e. The molecule has 7 heteroatoms. The second kappa shape index (κ2) is 9.78. The third-order valence-corrected chi connectivity index (χ3v) is 7.24. The summed E-state index contributed by atoms with van der Waals surface area (Å²) in [5.41, 5.74) is 9.61. The maximum atomic E-state index is 12.7. The normalized spacial score (nSPS) is 11.3. The first-order valence-electron chi connectivity index (χ1n) is 11.8. The number of rotatable bonds is 7. The molecule has 35 heavy (non-hydrogen) atoms. The first kappa shape index (κ1) is 24.9. The molecule has 4 rings (SSSR count). The summed E-state index contributed by atoms with van der Waals surface area (Å²) in [5, 5.41) is 6.12. The fourth-order valence-corrected chi connectivity index (χ4v) is 4.98. The molecular formula is C28H32ClN3O3. The molecule has 0 saturated carbocycles. The van der Waals surface area contributed by atoms with E-state index in [-0.39, 0.29) is 0 Å². The minimum atomic E-state index is -0.399. The van der Waals surface area contributed by atoms with Gasteiger partial charge in [-0.1, -0.05) is 17.7 Å². The van der Waals surface area contributed by atoms with E-state index in [1.807, 2.05) is 37.7 Å². The van der Waals surface area contributed by atoms with E-state index in [9.17, 15) is 4.79 Å². The van der Waals surface area contributed by atoms with Crippen LogP contribution in [0.1, 0.15) is 50.6 Å². The number of hydrogen-bond donors (Lipinski definition) is 1. The predicted molar refractivity (Wildman–Crippen MR) is 141 cm³/mol. The molecule has 4 aromatic rings. The van der Waals surface area contributed by atoms with Crippen molar-refractivity contribution in [3.63, 3.8) is 0 Å². The fraction of sp³-hybridized carbons (Fsp3) is 0.357. The van der Waals surface area contributed by atoms with Gasteiger partial charge in [0.15, 0.2) is 0 Å². The Morgan fingerprint density at radius 2 is 1.77 bits per heavy atom. The van der Waals surface area contributed by atoms with Crippen LogP contribution in [-0.4, -0.2) is 34.5 Å². The van der Waals surface area contributed by atoms with Gasteiger partial charge in [0.1, 0.15) is 11.4 Å². The number of halogens is 1. The topological polar surface area (TPSA) is 69.1 Å². The highest BCUT2D eigenvalue weighted by Crippen LogP contribution is 2.40. The molecule has 0 radical (unpaired) electrons. The Hall–Kier alpha value is -3.25. The van der Waals surface area contributed by atoms with Gasteiger partial charge in [-0.15, -0.1) is 0 Å². The number of aryl methyl sites for hydroxylation is 5. The van der Waals surface area contributed by atoms with Crippen molar-refractivity contribution in [2.75, 3.05) is 13.7 Å². The molecule has 0 aliphatic rings. The number of aromatic nitrogens is 3. The van der Waals surface area contributed by atoms with Gasteiger partial charge in [-0.3, -0.25) is 4.68 Å². The quantitative estimate of drug-likeness (QED) is 0.234. The van der Waals surface area contributed by atoms with Crippen LogP contribution in [0, 0.1) is 34.6 Å². The molecule has 0 unspecified atom stereocenters. The highest BCUT2D eigenvalue weighted by molar-refractivity contribution is 6.35. The Labute approximate surface area is 211 Å². The van der Waals surface area contributed by atoms with E-state index < -0.39 is 5.97 Å². The Bertz CT molecular complexity index is 1410. The molecule has 2 aromatic heterocycles. The largest absolute Gasteiger partial charge is 0.494 e. The SMILES string of the molecule is COC(=O)c1[nH]c2c(-c3c(C)nn(C)c3C)c(Cl)ccc2c1CCCOc1cc(C)c(C)c(C)c1. The molecule has 0 spiro atoms. The van der Waals surface area contributed by atoms with E-state index in [2.05, 4.69) is 43.0 Å². The number of esters is 1. The van der Waals surface area contributed by atoms with Crippen LogP contribution >= 0.6 is 11.6 Å². The molecule has 2 heterocycles. The molecule has 0 saturated heterocycles. The van der Waals surface area contributed by atoms with Crippen LogP contribution in [0.15, 0.2) is 24.3 Å². The number of hydrogen-bond acceptors (Lipinski definition) is 4. The van der Waals surface area contributed by atoms with Gasteiger partial charge in [0, 0.05) is 29.3 Å². The molecule has 0 amide bonds. The summed E-state index contributed by atoms with van der Waals surface area (Å²) in [4.78, 5) is 16.0. The van der Waals surface area contributed by atoms with E-state index in [1.54, 1.807) is 0 Å². The lowest BCUT2D eigenvalue weighted by Crippen LogP contribution is -2.07. The number of methoxy groups -OCH3 is 1. The number of fused-ring (bicyclic) bond motifs is 1. The van der Waals surface area contributed by atoms with Gasteiger partial charge in [0.05, 0.1) is 29.9 Å². The van der Waals surface area contributed by atoms with Gasteiger partial charge >= 0.3 is 5.97 Å².